The van der Waals surface area contributed by atoms with Crippen LogP contribution in [0, 0.1) is 5.92 Å². The fourth-order valence-electron chi connectivity index (χ4n) is 4.01. The number of hydrogen-bond acceptors (Lipinski definition) is 5. The topological polar surface area (TPSA) is 78.4 Å². The summed E-state index contributed by atoms with van der Waals surface area (Å²) in [4.78, 5) is 21.2. The molecule has 174 valence electrons. The lowest BCUT2D eigenvalue weighted by Crippen LogP contribution is -2.36. The minimum atomic E-state index is 0.0275. The van der Waals surface area contributed by atoms with Crippen molar-refractivity contribution in [3.8, 4) is 0 Å². The predicted octanol–water partition coefficient (Wildman–Crippen LogP) is 3.94. The summed E-state index contributed by atoms with van der Waals surface area (Å²) >= 11 is 0. The molecule has 0 spiro atoms. The van der Waals surface area contributed by atoms with Gasteiger partial charge in [0.05, 0.1) is 18.0 Å². The number of benzene rings is 1. The molecule has 2 aliphatic heterocycles. The molecule has 1 unspecified atom stereocenters. The average Bonchev–Trinajstić information content (AvgIpc) is 2.81. The average molecular weight is 454 g/mol. The van der Waals surface area contributed by atoms with E-state index in [1.165, 1.54) is 5.56 Å². The predicted molar refractivity (Wildman–Crippen MR) is 138 cm³/mol. The number of amides is 1. The highest BCUT2D eigenvalue weighted by molar-refractivity contribution is 6.09. The number of rotatable bonds is 0. The van der Waals surface area contributed by atoms with E-state index in [0.29, 0.717) is 19.0 Å². The molecule has 2 aromatic rings. The molecule has 1 aromatic heterocycles. The number of hydrogen-bond donors (Lipinski definition) is 3. The van der Waals surface area contributed by atoms with Gasteiger partial charge >= 0.3 is 0 Å². The Morgan fingerprint density at radius 3 is 3.00 bits per heavy atom. The molecule has 3 N–H and O–H groups in total. The fourth-order valence-corrected chi connectivity index (χ4v) is 4.01. The van der Waals surface area contributed by atoms with Gasteiger partial charge in [-0.2, -0.15) is 0 Å². The molecule has 6 bridgehead atoms. The summed E-state index contributed by atoms with van der Waals surface area (Å²) in [5.41, 5.74) is 9.99. The maximum atomic E-state index is 12.2. The third-order valence-corrected chi connectivity index (χ3v) is 5.78. The Morgan fingerprint density at radius 2 is 2.09 bits per heavy atom. The maximum absolute atomic E-state index is 12.2. The molecule has 1 atom stereocenters. The van der Waals surface area contributed by atoms with Crippen molar-refractivity contribution < 1.29 is 4.79 Å². The van der Waals surface area contributed by atoms with Crippen LogP contribution in [0.25, 0.3) is 0 Å². The highest BCUT2D eigenvalue weighted by atomic mass is 16.1. The summed E-state index contributed by atoms with van der Waals surface area (Å²) in [5.74, 6) is 0.424. The van der Waals surface area contributed by atoms with E-state index in [9.17, 15) is 4.79 Å². The summed E-state index contributed by atoms with van der Waals surface area (Å²) in [7, 11) is 0. The van der Waals surface area contributed by atoms with Crippen LogP contribution in [-0.2, 0) is 17.6 Å². The first-order valence-corrected chi connectivity index (χ1v) is 11.7. The molecule has 3 heterocycles. The van der Waals surface area contributed by atoms with E-state index >= 15 is 0 Å². The van der Waals surface area contributed by atoms with E-state index in [2.05, 4.69) is 69.4 Å². The van der Waals surface area contributed by atoms with Crippen molar-refractivity contribution >= 4 is 17.3 Å². The van der Waals surface area contributed by atoms with E-state index in [-0.39, 0.29) is 5.91 Å². The number of aliphatic imine (C=N–C) groups is 1. The lowest BCUT2D eigenvalue weighted by Gasteiger charge is -2.15. The number of nitrogens with zero attached hydrogens (tertiary/aromatic N) is 2. The van der Waals surface area contributed by atoms with Gasteiger partial charge in [-0.25, -0.2) is 0 Å². The number of anilines is 1. The summed E-state index contributed by atoms with van der Waals surface area (Å²) in [6.45, 7) is 8.10. The molecule has 0 fully saturated rings. The third kappa shape index (κ3) is 6.64. The SMILES string of the molecule is C=C1C=CN=C2C=C=C1Nc1cccc(c1)CC(C)CNCC(=O)NCCCc1cncc2c1. The van der Waals surface area contributed by atoms with Crippen LogP contribution in [-0.4, -0.2) is 36.2 Å². The van der Waals surface area contributed by atoms with Crippen LogP contribution in [0.15, 0.2) is 89.7 Å². The molecule has 4 rings (SSSR count). The number of carbonyl (C=O) groups excluding carboxylic acids is 1. The van der Waals surface area contributed by atoms with E-state index in [1.54, 1.807) is 6.20 Å². The smallest absolute Gasteiger partial charge is 0.233 e. The molecule has 6 nitrogen and oxygen atoms in total. The normalized spacial score (nSPS) is 19.6. The van der Waals surface area contributed by atoms with Crippen LogP contribution in [0.5, 0.6) is 0 Å². The lowest BCUT2D eigenvalue weighted by atomic mass is 10.0. The lowest BCUT2D eigenvalue weighted by molar-refractivity contribution is -0.120. The molecule has 6 heteroatoms. The van der Waals surface area contributed by atoms with Gasteiger partial charge in [0.1, 0.15) is 0 Å². The fraction of sp³-hybridized carbons (Fsp3) is 0.286. The number of nitrogens with one attached hydrogen (secondary N) is 3. The van der Waals surface area contributed by atoms with Gasteiger partial charge in [0.2, 0.25) is 5.91 Å². The third-order valence-electron chi connectivity index (χ3n) is 5.78. The van der Waals surface area contributed by atoms with Gasteiger partial charge < -0.3 is 16.0 Å². The van der Waals surface area contributed by atoms with E-state index in [1.807, 2.05) is 30.6 Å². The number of allylic oxidation sites excluding steroid dienone is 1. The Hall–Kier alpha value is -3.73. The van der Waals surface area contributed by atoms with E-state index < -0.39 is 0 Å². The number of aryl methyl sites for hydroxylation is 1. The minimum Gasteiger partial charge on any atom is -0.355 e. The van der Waals surface area contributed by atoms with Crippen LogP contribution in [0.2, 0.25) is 0 Å². The Bertz CT molecular complexity index is 1190. The van der Waals surface area contributed by atoms with Gasteiger partial charge in [0.25, 0.3) is 0 Å². The van der Waals surface area contributed by atoms with Gasteiger partial charge in [-0.05, 0) is 67.1 Å². The Balaban J connectivity index is 1.65. The van der Waals surface area contributed by atoms with Crippen LogP contribution < -0.4 is 16.0 Å². The molecule has 1 aromatic carbocycles. The van der Waals surface area contributed by atoms with Crippen molar-refractivity contribution in [1.29, 1.82) is 0 Å². The van der Waals surface area contributed by atoms with Crippen LogP contribution in [0.4, 0.5) is 5.69 Å². The number of pyridine rings is 1. The van der Waals surface area contributed by atoms with Crippen molar-refractivity contribution in [1.82, 2.24) is 15.6 Å². The molecule has 2 aliphatic rings. The standard InChI is InChI=1S/C28H31N5O/c1-20-13-22-5-3-7-25(15-22)33-26-8-9-27(31-12-10-21(26)2)24-14-23(17-30-18-24)6-4-11-32-28(34)19-29-16-20/h3,5,7,9-10,12,14-15,17-18,20,29,33H,2,4,6,11,13,16,19H2,1H3,(H,32,34). The summed E-state index contributed by atoms with van der Waals surface area (Å²) in [5, 5.41) is 9.74. The first-order valence-electron chi connectivity index (χ1n) is 11.7. The zero-order chi connectivity index (χ0) is 23.8. The number of carbonyl (C=O) groups is 1. The van der Waals surface area contributed by atoms with Crippen molar-refractivity contribution in [2.45, 2.75) is 26.2 Å². The highest BCUT2D eigenvalue weighted by Gasteiger charge is 2.09. The second-order valence-electron chi connectivity index (χ2n) is 8.82. The van der Waals surface area contributed by atoms with Gasteiger partial charge in [0, 0.05) is 48.0 Å². The zero-order valence-electron chi connectivity index (χ0n) is 19.6. The molecular weight excluding hydrogens is 422 g/mol. The van der Waals surface area contributed by atoms with E-state index in [0.717, 1.165) is 59.6 Å². The Kier molecular flexibility index (Phi) is 7.87. The quantitative estimate of drug-likeness (QED) is 0.528. The van der Waals surface area contributed by atoms with Crippen molar-refractivity contribution in [3.63, 3.8) is 0 Å². The van der Waals surface area contributed by atoms with Crippen molar-refractivity contribution in [2.75, 3.05) is 25.0 Å². The zero-order valence-corrected chi connectivity index (χ0v) is 19.6. The summed E-state index contributed by atoms with van der Waals surface area (Å²) in [6, 6.07) is 10.5. The number of aromatic nitrogens is 1. The summed E-state index contributed by atoms with van der Waals surface area (Å²) < 4.78 is 0. The second kappa shape index (κ2) is 11.4. The van der Waals surface area contributed by atoms with Gasteiger partial charge in [0.15, 0.2) is 0 Å². The first kappa shape index (κ1) is 23.4. The minimum absolute atomic E-state index is 0.0275. The van der Waals surface area contributed by atoms with Gasteiger partial charge in [-0.1, -0.05) is 31.4 Å². The van der Waals surface area contributed by atoms with E-state index in [4.69, 9.17) is 0 Å². The molecular formula is C28H31N5O. The molecule has 0 saturated heterocycles. The molecule has 0 radical (unpaired) electrons. The molecule has 34 heavy (non-hydrogen) atoms. The van der Waals surface area contributed by atoms with Crippen molar-refractivity contribution in [2.24, 2.45) is 10.9 Å². The Morgan fingerprint density at radius 1 is 1.18 bits per heavy atom. The first-order chi connectivity index (χ1) is 16.6. The highest BCUT2D eigenvalue weighted by Crippen LogP contribution is 2.20. The maximum Gasteiger partial charge on any atom is 0.233 e. The largest absolute Gasteiger partial charge is 0.355 e. The second-order valence-corrected chi connectivity index (χ2v) is 8.82. The summed E-state index contributed by atoms with van der Waals surface area (Å²) in [6.07, 6.45) is 11.8. The molecule has 0 aliphatic carbocycles. The van der Waals surface area contributed by atoms with Crippen molar-refractivity contribution in [3.05, 3.63) is 101 Å². The molecule has 1 amide bonds. The Labute approximate surface area is 201 Å². The van der Waals surface area contributed by atoms with Crippen LogP contribution in [0.1, 0.15) is 30.0 Å². The molecule has 0 saturated carbocycles. The van der Waals surface area contributed by atoms with Gasteiger partial charge in [-0.15, -0.1) is 0 Å². The van der Waals surface area contributed by atoms with Crippen LogP contribution >= 0.6 is 0 Å². The monoisotopic (exact) mass is 453 g/mol. The van der Waals surface area contributed by atoms with Gasteiger partial charge in [-0.3, -0.25) is 14.8 Å². The van der Waals surface area contributed by atoms with Crippen LogP contribution in [0.3, 0.4) is 0 Å². The number of fused-ring (bicyclic) bond motifs is 6.